The van der Waals surface area contributed by atoms with E-state index >= 15 is 4.39 Å². The number of halogens is 4. The van der Waals surface area contributed by atoms with Crippen molar-refractivity contribution in [1.29, 1.82) is 0 Å². The topological polar surface area (TPSA) is 9.23 Å². The van der Waals surface area contributed by atoms with Crippen LogP contribution >= 0.6 is 0 Å². The highest BCUT2D eigenvalue weighted by Gasteiger charge is 2.12. The van der Waals surface area contributed by atoms with Gasteiger partial charge in [-0.3, -0.25) is 0 Å². The minimum Gasteiger partial charge on any atom is -0.384 e. The van der Waals surface area contributed by atoms with Gasteiger partial charge in [-0.2, -0.15) is 0 Å². The van der Waals surface area contributed by atoms with Crippen molar-refractivity contribution in [2.45, 2.75) is 32.1 Å². The summed E-state index contributed by atoms with van der Waals surface area (Å²) in [6.07, 6.45) is 3.10. The monoisotopic (exact) mass is 466 g/mol. The Bertz CT molecular complexity index is 1260. The molecule has 0 N–H and O–H groups in total. The van der Waals surface area contributed by atoms with Gasteiger partial charge in [0.2, 0.25) is 0 Å². The Morgan fingerprint density at radius 2 is 1.15 bits per heavy atom. The highest BCUT2D eigenvalue weighted by atomic mass is 19.2. The standard InChI is InChI=1S/C29H26F4O/c1-34-15-14-20-4-2-19(3-5-20)6-7-21-9-13-25-24(16-21)12-11-23(28(25)32)10-8-22-17-26(30)29(33)27(31)18-22/h2-5,9,11-13,16-18H,6-8,10,14-15H2,1H3. The summed E-state index contributed by atoms with van der Waals surface area (Å²) in [6, 6.07) is 19.7. The summed E-state index contributed by atoms with van der Waals surface area (Å²) in [4.78, 5) is 0. The van der Waals surface area contributed by atoms with E-state index in [1.165, 1.54) is 11.1 Å². The number of hydrogen-bond donors (Lipinski definition) is 0. The maximum Gasteiger partial charge on any atom is 0.194 e. The normalized spacial score (nSPS) is 11.3. The van der Waals surface area contributed by atoms with Crippen LogP contribution < -0.4 is 0 Å². The number of rotatable bonds is 9. The van der Waals surface area contributed by atoms with Gasteiger partial charge in [0.1, 0.15) is 5.82 Å². The molecule has 0 amide bonds. The summed E-state index contributed by atoms with van der Waals surface area (Å²) in [5.41, 5.74) is 4.37. The van der Waals surface area contributed by atoms with Crippen molar-refractivity contribution in [3.8, 4) is 0 Å². The van der Waals surface area contributed by atoms with Crippen LogP contribution in [0.5, 0.6) is 0 Å². The summed E-state index contributed by atoms with van der Waals surface area (Å²) in [7, 11) is 1.70. The van der Waals surface area contributed by atoms with Crippen molar-refractivity contribution in [3.63, 3.8) is 0 Å². The van der Waals surface area contributed by atoms with Crippen molar-refractivity contribution in [1.82, 2.24) is 0 Å². The van der Waals surface area contributed by atoms with Gasteiger partial charge in [-0.25, -0.2) is 17.6 Å². The van der Waals surface area contributed by atoms with E-state index < -0.39 is 17.5 Å². The molecule has 0 aliphatic carbocycles. The Hall–Kier alpha value is -3.18. The summed E-state index contributed by atoms with van der Waals surface area (Å²) >= 11 is 0. The highest BCUT2D eigenvalue weighted by Crippen LogP contribution is 2.25. The van der Waals surface area contributed by atoms with Crippen molar-refractivity contribution in [2.75, 3.05) is 13.7 Å². The van der Waals surface area contributed by atoms with Crippen LogP contribution in [0.1, 0.15) is 27.8 Å². The Morgan fingerprint density at radius 3 is 1.82 bits per heavy atom. The first-order valence-corrected chi connectivity index (χ1v) is 11.3. The third-order valence-corrected chi connectivity index (χ3v) is 6.15. The number of benzene rings is 4. The van der Waals surface area contributed by atoms with Gasteiger partial charge in [0.05, 0.1) is 6.61 Å². The fourth-order valence-corrected chi connectivity index (χ4v) is 4.15. The first-order valence-electron chi connectivity index (χ1n) is 11.3. The number of methoxy groups -OCH3 is 1. The number of aryl methyl sites for hydroxylation is 4. The lowest BCUT2D eigenvalue weighted by Gasteiger charge is -2.10. The molecule has 0 radical (unpaired) electrons. The first-order chi connectivity index (χ1) is 16.4. The molecule has 0 heterocycles. The second kappa shape index (κ2) is 10.8. The fourth-order valence-electron chi connectivity index (χ4n) is 4.15. The Morgan fingerprint density at radius 1 is 0.559 bits per heavy atom. The van der Waals surface area contributed by atoms with Gasteiger partial charge < -0.3 is 4.74 Å². The molecule has 0 fully saturated rings. The van der Waals surface area contributed by atoms with Crippen molar-refractivity contribution >= 4 is 10.8 Å². The third kappa shape index (κ3) is 5.65. The molecule has 4 aromatic carbocycles. The molecule has 176 valence electrons. The van der Waals surface area contributed by atoms with Gasteiger partial charge in [-0.15, -0.1) is 0 Å². The second-order valence-electron chi connectivity index (χ2n) is 8.53. The molecule has 0 saturated heterocycles. The van der Waals surface area contributed by atoms with E-state index in [9.17, 15) is 13.2 Å². The van der Waals surface area contributed by atoms with Crippen molar-refractivity contribution in [3.05, 3.63) is 118 Å². The van der Waals surface area contributed by atoms with Gasteiger partial charge in [-0.05, 0) is 77.4 Å². The van der Waals surface area contributed by atoms with Crippen LogP contribution in [-0.2, 0) is 36.8 Å². The number of ether oxygens (including phenoxy) is 1. The molecular formula is C29H26F4O. The van der Waals surface area contributed by atoms with E-state index in [-0.39, 0.29) is 24.2 Å². The zero-order chi connectivity index (χ0) is 24.1. The van der Waals surface area contributed by atoms with Gasteiger partial charge in [0.15, 0.2) is 17.5 Å². The number of fused-ring (bicyclic) bond motifs is 1. The van der Waals surface area contributed by atoms with Crippen LogP contribution in [0.4, 0.5) is 17.6 Å². The van der Waals surface area contributed by atoms with E-state index in [1.54, 1.807) is 19.2 Å². The smallest absolute Gasteiger partial charge is 0.194 e. The van der Waals surface area contributed by atoms with Crippen LogP contribution in [0.3, 0.4) is 0 Å². The molecule has 0 unspecified atom stereocenters. The molecule has 5 heteroatoms. The molecule has 0 aromatic heterocycles. The lowest BCUT2D eigenvalue weighted by molar-refractivity contribution is 0.202. The highest BCUT2D eigenvalue weighted by molar-refractivity contribution is 5.84. The van der Waals surface area contributed by atoms with Crippen LogP contribution in [0, 0.1) is 23.3 Å². The average molecular weight is 467 g/mol. The molecule has 4 aromatic rings. The molecule has 1 nitrogen and oxygen atoms in total. The van der Waals surface area contributed by atoms with Gasteiger partial charge in [0.25, 0.3) is 0 Å². The van der Waals surface area contributed by atoms with E-state index in [0.717, 1.165) is 42.3 Å². The lowest BCUT2D eigenvalue weighted by atomic mass is 9.97. The molecule has 4 rings (SSSR count). The lowest BCUT2D eigenvalue weighted by Crippen LogP contribution is -1.99. The Labute approximate surface area is 197 Å². The molecular weight excluding hydrogens is 440 g/mol. The molecule has 0 aliphatic heterocycles. The largest absolute Gasteiger partial charge is 0.384 e. The second-order valence-corrected chi connectivity index (χ2v) is 8.53. The van der Waals surface area contributed by atoms with E-state index in [2.05, 4.69) is 24.3 Å². The quantitative estimate of drug-likeness (QED) is 0.188. The number of hydrogen-bond acceptors (Lipinski definition) is 1. The van der Waals surface area contributed by atoms with Crippen molar-refractivity contribution in [2.24, 2.45) is 0 Å². The zero-order valence-electron chi connectivity index (χ0n) is 19.0. The predicted octanol–water partition coefficient (Wildman–Crippen LogP) is 7.16. The zero-order valence-corrected chi connectivity index (χ0v) is 19.0. The van der Waals surface area contributed by atoms with Gasteiger partial charge in [-0.1, -0.05) is 54.6 Å². The van der Waals surface area contributed by atoms with Crippen LogP contribution in [-0.4, -0.2) is 13.7 Å². The molecule has 0 saturated carbocycles. The summed E-state index contributed by atoms with van der Waals surface area (Å²) in [5, 5.41) is 1.33. The minimum atomic E-state index is -1.49. The summed E-state index contributed by atoms with van der Waals surface area (Å²) in [6.45, 7) is 0.706. The SMILES string of the molecule is COCCc1ccc(CCc2ccc3c(F)c(CCc4cc(F)c(F)c(F)c4)ccc3c2)cc1. The maximum atomic E-state index is 15.1. The fraction of sp³-hybridized carbons (Fsp3) is 0.241. The molecule has 0 spiro atoms. The minimum absolute atomic E-state index is 0.207. The summed E-state index contributed by atoms with van der Waals surface area (Å²) in [5.74, 6) is -4.29. The average Bonchev–Trinajstić information content (AvgIpc) is 2.85. The summed E-state index contributed by atoms with van der Waals surface area (Å²) < 4.78 is 60.2. The maximum absolute atomic E-state index is 15.1. The van der Waals surface area contributed by atoms with E-state index in [1.807, 2.05) is 18.2 Å². The molecule has 0 bridgehead atoms. The first kappa shape index (κ1) is 24.0. The van der Waals surface area contributed by atoms with Gasteiger partial charge >= 0.3 is 0 Å². The van der Waals surface area contributed by atoms with Crippen molar-refractivity contribution < 1.29 is 22.3 Å². The third-order valence-electron chi connectivity index (χ3n) is 6.15. The van der Waals surface area contributed by atoms with Crippen LogP contribution in [0.15, 0.2) is 66.7 Å². The Kier molecular flexibility index (Phi) is 7.63. The Balaban J connectivity index is 1.42. The molecule has 0 atom stereocenters. The van der Waals surface area contributed by atoms with E-state index in [0.29, 0.717) is 17.6 Å². The van der Waals surface area contributed by atoms with Gasteiger partial charge in [0, 0.05) is 12.5 Å². The predicted molar refractivity (Wildman–Crippen MR) is 127 cm³/mol. The van der Waals surface area contributed by atoms with Crippen LogP contribution in [0.2, 0.25) is 0 Å². The van der Waals surface area contributed by atoms with E-state index in [4.69, 9.17) is 4.74 Å². The molecule has 34 heavy (non-hydrogen) atoms. The van der Waals surface area contributed by atoms with Crippen LogP contribution in [0.25, 0.3) is 10.8 Å². The molecule has 0 aliphatic rings.